The van der Waals surface area contributed by atoms with Crippen LogP contribution >= 0.6 is 0 Å². The van der Waals surface area contributed by atoms with Gasteiger partial charge in [-0.3, -0.25) is 4.90 Å². The molecule has 2 N–H and O–H groups in total. The van der Waals surface area contributed by atoms with Gasteiger partial charge < -0.3 is 15.2 Å². The number of phenolic OH excluding ortho intramolecular Hbond substituents is 1. The van der Waals surface area contributed by atoms with E-state index in [4.69, 9.17) is 4.74 Å². The molecular formula is C13H20N2O2. The zero-order valence-corrected chi connectivity index (χ0v) is 10.4. The molecule has 2 rings (SSSR count). The predicted molar refractivity (Wildman–Crippen MR) is 67.4 cm³/mol. The van der Waals surface area contributed by atoms with Gasteiger partial charge in [0.1, 0.15) is 0 Å². The molecule has 0 atom stereocenters. The summed E-state index contributed by atoms with van der Waals surface area (Å²) in [5, 5.41) is 12.8. The molecular weight excluding hydrogens is 216 g/mol. The normalized spacial score (nSPS) is 15.9. The Kier molecular flexibility index (Phi) is 3.86. The van der Waals surface area contributed by atoms with Crippen molar-refractivity contribution in [2.75, 3.05) is 26.7 Å². The minimum Gasteiger partial charge on any atom is -0.504 e. The van der Waals surface area contributed by atoms with Gasteiger partial charge in [0.15, 0.2) is 11.5 Å². The fourth-order valence-electron chi connectivity index (χ4n) is 2.09. The second-order valence-corrected chi connectivity index (χ2v) is 4.38. The summed E-state index contributed by atoms with van der Waals surface area (Å²) < 4.78 is 5.12. The molecule has 17 heavy (non-hydrogen) atoms. The summed E-state index contributed by atoms with van der Waals surface area (Å²) in [5.41, 5.74) is 1.17. The van der Waals surface area contributed by atoms with E-state index in [0.29, 0.717) is 11.8 Å². The van der Waals surface area contributed by atoms with Crippen molar-refractivity contribution in [3.05, 3.63) is 23.8 Å². The highest BCUT2D eigenvalue weighted by molar-refractivity contribution is 5.41. The topological polar surface area (TPSA) is 44.7 Å². The Hall–Kier alpha value is -1.26. The zero-order chi connectivity index (χ0) is 12.3. The van der Waals surface area contributed by atoms with Crippen LogP contribution < -0.4 is 10.1 Å². The summed E-state index contributed by atoms with van der Waals surface area (Å²) in [4.78, 5) is 2.43. The summed E-state index contributed by atoms with van der Waals surface area (Å²) in [7, 11) is 1.58. The van der Waals surface area contributed by atoms with Crippen molar-refractivity contribution in [3.8, 4) is 11.5 Å². The Labute approximate surface area is 102 Å². The molecule has 1 aliphatic heterocycles. The van der Waals surface area contributed by atoms with Gasteiger partial charge in [-0.2, -0.15) is 0 Å². The smallest absolute Gasteiger partial charge is 0.160 e. The molecule has 94 valence electrons. The largest absolute Gasteiger partial charge is 0.504 e. The van der Waals surface area contributed by atoms with Crippen molar-refractivity contribution in [3.63, 3.8) is 0 Å². The van der Waals surface area contributed by atoms with Crippen LogP contribution in [0.1, 0.15) is 12.5 Å². The molecule has 1 aromatic carbocycles. The number of aromatic hydroxyl groups is 1. The Morgan fingerprint density at radius 1 is 1.47 bits per heavy atom. The highest BCUT2D eigenvalue weighted by atomic mass is 16.5. The predicted octanol–water partition coefficient (Wildman–Crippen LogP) is 1.19. The van der Waals surface area contributed by atoms with Crippen LogP contribution in [0.25, 0.3) is 0 Å². The molecule has 1 aromatic rings. The van der Waals surface area contributed by atoms with Gasteiger partial charge >= 0.3 is 0 Å². The number of likely N-dealkylation sites (N-methyl/N-ethyl adjacent to an activating group) is 1. The third-order valence-corrected chi connectivity index (χ3v) is 3.31. The molecule has 0 saturated carbocycles. The maximum absolute atomic E-state index is 9.54. The zero-order valence-electron chi connectivity index (χ0n) is 10.4. The van der Waals surface area contributed by atoms with Crippen LogP contribution in [0.5, 0.6) is 11.5 Å². The Morgan fingerprint density at radius 3 is 2.76 bits per heavy atom. The molecule has 1 heterocycles. The van der Waals surface area contributed by atoms with Gasteiger partial charge in [-0.05, 0) is 24.2 Å². The van der Waals surface area contributed by atoms with E-state index in [1.807, 2.05) is 12.1 Å². The van der Waals surface area contributed by atoms with Crippen molar-refractivity contribution >= 4 is 0 Å². The molecule has 0 spiro atoms. The van der Waals surface area contributed by atoms with E-state index < -0.39 is 0 Å². The van der Waals surface area contributed by atoms with E-state index in [2.05, 4.69) is 17.1 Å². The minimum atomic E-state index is 0.199. The maximum Gasteiger partial charge on any atom is 0.160 e. The lowest BCUT2D eigenvalue weighted by Gasteiger charge is -2.37. The summed E-state index contributed by atoms with van der Waals surface area (Å²) >= 11 is 0. The number of nitrogens with one attached hydrogen (secondary N) is 1. The fraction of sp³-hybridized carbons (Fsp3) is 0.538. The molecule has 0 radical (unpaired) electrons. The summed E-state index contributed by atoms with van der Waals surface area (Å²) in [6.07, 6.45) is 0. The second-order valence-electron chi connectivity index (χ2n) is 4.38. The van der Waals surface area contributed by atoms with Crippen LogP contribution in [0, 0.1) is 0 Å². The summed E-state index contributed by atoms with van der Waals surface area (Å²) in [5.74, 6) is 0.745. The number of ether oxygens (including phenoxy) is 1. The molecule has 4 heteroatoms. The molecule has 1 aliphatic rings. The SMILES string of the molecule is CCN(Cc1ccc(O)c(OC)c1)C1CNC1. The first-order valence-corrected chi connectivity index (χ1v) is 6.05. The van der Waals surface area contributed by atoms with Gasteiger partial charge in [0.05, 0.1) is 7.11 Å². The average Bonchev–Trinajstić information content (AvgIpc) is 2.28. The first-order chi connectivity index (χ1) is 8.24. The van der Waals surface area contributed by atoms with E-state index in [-0.39, 0.29) is 5.75 Å². The lowest BCUT2D eigenvalue weighted by atomic mass is 10.1. The van der Waals surface area contributed by atoms with Crippen molar-refractivity contribution in [2.45, 2.75) is 19.5 Å². The highest BCUT2D eigenvalue weighted by Gasteiger charge is 2.23. The van der Waals surface area contributed by atoms with E-state index in [1.54, 1.807) is 13.2 Å². The average molecular weight is 236 g/mol. The van der Waals surface area contributed by atoms with Crippen molar-refractivity contribution in [2.24, 2.45) is 0 Å². The Bertz CT molecular complexity index is 378. The molecule has 0 amide bonds. The number of hydrogen-bond acceptors (Lipinski definition) is 4. The molecule has 1 fully saturated rings. The quantitative estimate of drug-likeness (QED) is 0.806. The van der Waals surface area contributed by atoms with Crippen LogP contribution in [-0.4, -0.2) is 42.8 Å². The monoisotopic (exact) mass is 236 g/mol. The number of hydrogen-bond donors (Lipinski definition) is 2. The lowest BCUT2D eigenvalue weighted by molar-refractivity contribution is 0.145. The fourth-order valence-corrected chi connectivity index (χ4v) is 2.09. The van der Waals surface area contributed by atoms with Crippen LogP contribution in [0.3, 0.4) is 0 Å². The van der Waals surface area contributed by atoms with E-state index >= 15 is 0 Å². The molecule has 1 saturated heterocycles. The number of benzene rings is 1. The van der Waals surface area contributed by atoms with Gasteiger partial charge in [-0.25, -0.2) is 0 Å². The van der Waals surface area contributed by atoms with Gasteiger partial charge in [0.25, 0.3) is 0 Å². The third-order valence-electron chi connectivity index (χ3n) is 3.31. The van der Waals surface area contributed by atoms with E-state index in [0.717, 1.165) is 26.2 Å². The van der Waals surface area contributed by atoms with E-state index in [9.17, 15) is 5.11 Å². The van der Waals surface area contributed by atoms with Crippen molar-refractivity contribution < 1.29 is 9.84 Å². The van der Waals surface area contributed by atoms with Crippen molar-refractivity contribution in [1.29, 1.82) is 0 Å². The first kappa shape index (κ1) is 12.2. The standard InChI is InChI=1S/C13H20N2O2/c1-3-15(11-7-14-8-11)9-10-4-5-12(16)13(6-10)17-2/h4-6,11,14,16H,3,7-9H2,1-2H3. The number of phenols is 1. The number of nitrogens with zero attached hydrogens (tertiary/aromatic N) is 1. The molecule has 0 aromatic heterocycles. The van der Waals surface area contributed by atoms with Crippen LogP contribution in [0.2, 0.25) is 0 Å². The summed E-state index contributed by atoms with van der Waals surface area (Å²) in [6, 6.07) is 6.19. The second kappa shape index (κ2) is 5.38. The van der Waals surface area contributed by atoms with Gasteiger partial charge in [-0.1, -0.05) is 13.0 Å². The van der Waals surface area contributed by atoms with E-state index in [1.165, 1.54) is 5.56 Å². The van der Waals surface area contributed by atoms with Crippen molar-refractivity contribution in [1.82, 2.24) is 10.2 Å². The maximum atomic E-state index is 9.54. The van der Waals surface area contributed by atoms with Gasteiger partial charge in [0.2, 0.25) is 0 Å². The molecule has 0 aliphatic carbocycles. The Morgan fingerprint density at radius 2 is 2.24 bits per heavy atom. The van der Waals surface area contributed by atoms with Crippen LogP contribution in [0.15, 0.2) is 18.2 Å². The third kappa shape index (κ3) is 2.70. The Balaban J connectivity index is 2.06. The summed E-state index contributed by atoms with van der Waals surface area (Å²) in [6.45, 7) is 6.26. The molecule has 0 unspecified atom stereocenters. The lowest BCUT2D eigenvalue weighted by Crippen LogP contribution is -2.56. The minimum absolute atomic E-state index is 0.199. The number of methoxy groups -OCH3 is 1. The molecule has 0 bridgehead atoms. The molecule has 4 nitrogen and oxygen atoms in total. The number of rotatable bonds is 5. The first-order valence-electron chi connectivity index (χ1n) is 6.05. The highest BCUT2D eigenvalue weighted by Crippen LogP contribution is 2.27. The van der Waals surface area contributed by atoms with Gasteiger partial charge in [0, 0.05) is 25.7 Å². The van der Waals surface area contributed by atoms with Crippen LogP contribution in [-0.2, 0) is 6.54 Å². The van der Waals surface area contributed by atoms with Crippen LogP contribution in [0.4, 0.5) is 0 Å². The van der Waals surface area contributed by atoms with Gasteiger partial charge in [-0.15, -0.1) is 0 Å².